The highest BCUT2D eigenvalue weighted by molar-refractivity contribution is 5.82. The molecule has 0 spiro atoms. The monoisotopic (exact) mass is 314 g/mol. The molecule has 0 amide bonds. The molecular weight excluding hydrogens is 296 g/mol. The summed E-state index contributed by atoms with van der Waals surface area (Å²) in [7, 11) is 0. The molecule has 0 atom stereocenters. The number of nitrogens with one attached hydrogen (secondary N) is 1. The molecule has 4 rings (SSSR count). The van der Waals surface area contributed by atoms with Gasteiger partial charge in [0.05, 0.1) is 17.6 Å². The number of aromatic nitrogens is 2. The molecule has 3 nitrogen and oxygen atoms in total. The van der Waals surface area contributed by atoms with Crippen LogP contribution in [0.4, 0.5) is 0 Å². The van der Waals surface area contributed by atoms with Crippen LogP contribution in [0.25, 0.3) is 22.2 Å². The standard InChI is InChI=1S/C21H18N2O/c1-15-7-5-6-10-18(15)14-23-20-12-11-17(13-19(20)22-21(23)24)16-8-3-2-4-9-16/h2-13H,14H2,1H3,(H,22,24). The molecule has 3 aromatic carbocycles. The first-order chi connectivity index (χ1) is 11.7. The molecule has 0 aliphatic carbocycles. The Bertz CT molecular complexity index is 1060. The first kappa shape index (κ1) is 14.5. The molecule has 0 fully saturated rings. The second-order valence-electron chi connectivity index (χ2n) is 6.04. The summed E-state index contributed by atoms with van der Waals surface area (Å²) in [4.78, 5) is 15.4. The minimum Gasteiger partial charge on any atom is -0.306 e. The number of fused-ring (bicyclic) bond motifs is 1. The van der Waals surface area contributed by atoms with E-state index < -0.39 is 0 Å². The van der Waals surface area contributed by atoms with Gasteiger partial charge in [-0.15, -0.1) is 0 Å². The van der Waals surface area contributed by atoms with E-state index in [9.17, 15) is 4.79 Å². The van der Waals surface area contributed by atoms with Crippen LogP contribution < -0.4 is 5.69 Å². The molecular formula is C21H18N2O. The van der Waals surface area contributed by atoms with Crippen LogP contribution >= 0.6 is 0 Å². The Morgan fingerprint density at radius 2 is 1.62 bits per heavy atom. The maximum atomic E-state index is 12.4. The van der Waals surface area contributed by atoms with Gasteiger partial charge in [0.2, 0.25) is 0 Å². The third kappa shape index (κ3) is 2.54. The Labute approximate surface area is 140 Å². The van der Waals surface area contributed by atoms with Crippen molar-refractivity contribution < 1.29 is 0 Å². The first-order valence-electron chi connectivity index (χ1n) is 8.05. The van der Waals surface area contributed by atoms with Gasteiger partial charge < -0.3 is 4.98 Å². The van der Waals surface area contributed by atoms with Crippen LogP contribution in [-0.4, -0.2) is 9.55 Å². The fraction of sp³-hybridized carbons (Fsp3) is 0.0952. The number of hydrogen-bond acceptors (Lipinski definition) is 1. The first-order valence-corrected chi connectivity index (χ1v) is 8.05. The molecule has 0 bridgehead atoms. The lowest BCUT2D eigenvalue weighted by molar-refractivity contribution is 0.782. The summed E-state index contributed by atoms with van der Waals surface area (Å²) in [5.74, 6) is 0. The fourth-order valence-corrected chi connectivity index (χ4v) is 3.09. The Kier molecular flexibility index (Phi) is 3.54. The van der Waals surface area contributed by atoms with Gasteiger partial charge in [-0.3, -0.25) is 4.57 Å². The second-order valence-corrected chi connectivity index (χ2v) is 6.04. The number of hydrogen-bond donors (Lipinski definition) is 1. The van der Waals surface area contributed by atoms with E-state index in [0.717, 1.165) is 27.7 Å². The predicted octanol–water partition coefficient (Wildman–Crippen LogP) is 4.35. The van der Waals surface area contributed by atoms with Crippen LogP contribution in [-0.2, 0) is 6.54 Å². The van der Waals surface area contributed by atoms with Gasteiger partial charge in [-0.25, -0.2) is 4.79 Å². The summed E-state index contributed by atoms with van der Waals surface area (Å²) in [6, 6.07) is 24.5. The molecule has 0 saturated heterocycles. The minimum absolute atomic E-state index is 0.0709. The number of imidazole rings is 1. The summed E-state index contributed by atoms with van der Waals surface area (Å²) in [6.07, 6.45) is 0. The van der Waals surface area contributed by atoms with E-state index >= 15 is 0 Å². The number of aromatic amines is 1. The average molecular weight is 314 g/mol. The summed E-state index contributed by atoms with van der Waals surface area (Å²) >= 11 is 0. The molecule has 1 N–H and O–H groups in total. The van der Waals surface area contributed by atoms with E-state index in [1.807, 2.05) is 42.5 Å². The van der Waals surface area contributed by atoms with E-state index in [-0.39, 0.29) is 5.69 Å². The zero-order valence-electron chi connectivity index (χ0n) is 13.5. The number of nitrogens with zero attached hydrogens (tertiary/aromatic N) is 1. The van der Waals surface area contributed by atoms with E-state index in [0.29, 0.717) is 6.54 Å². The lowest BCUT2D eigenvalue weighted by Gasteiger charge is -2.07. The molecule has 0 radical (unpaired) electrons. The summed E-state index contributed by atoms with van der Waals surface area (Å²) < 4.78 is 1.80. The lowest BCUT2D eigenvalue weighted by Crippen LogP contribution is -2.17. The van der Waals surface area contributed by atoms with E-state index in [1.165, 1.54) is 5.56 Å². The van der Waals surface area contributed by atoms with Gasteiger partial charge in [0, 0.05) is 0 Å². The van der Waals surface area contributed by atoms with Crippen molar-refractivity contribution in [3.63, 3.8) is 0 Å². The second kappa shape index (κ2) is 5.85. The highest BCUT2D eigenvalue weighted by Crippen LogP contribution is 2.23. The van der Waals surface area contributed by atoms with Crippen LogP contribution in [0.15, 0.2) is 77.6 Å². The molecule has 1 heterocycles. The molecule has 0 aliphatic heterocycles. The van der Waals surface area contributed by atoms with Gasteiger partial charge in [0.15, 0.2) is 0 Å². The Balaban J connectivity index is 1.80. The molecule has 4 aromatic rings. The third-order valence-electron chi connectivity index (χ3n) is 4.47. The number of H-pyrrole nitrogens is 1. The molecule has 0 saturated carbocycles. The summed E-state index contributed by atoms with van der Waals surface area (Å²) in [5, 5.41) is 0. The summed E-state index contributed by atoms with van der Waals surface area (Å²) in [5.41, 5.74) is 6.34. The molecule has 1 aromatic heterocycles. The highest BCUT2D eigenvalue weighted by Gasteiger charge is 2.09. The predicted molar refractivity (Wildman–Crippen MR) is 98.3 cm³/mol. The van der Waals surface area contributed by atoms with Crippen molar-refractivity contribution in [2.45, 2.75) is 13.5 Å². The Morgan fingerprint density at radius 1 is 0.875 bits per heavy atom. The van der Waals surface area contributed by atoms with Crippen LogP contribution in [0.2, 0.25) is 0 Å². The third-order valence-corrected chi connectivity index (χ3v) is 4.47. The molecule has 0 unspecified atom stereocenters. The van der Waals surface area contributed by atoms with E-state index in [2.05, 4.69) is 42.2 Å². The van der Waals surface area contributed by atoms with Crippen molar-refractivity contribution in [2.75, 3.05) is 0 Å². The number of aryl methyl sites for hydroxylation is 1. The number of rotatable bonds is 3. The van der Waals surface area contributed by atoms with Gasteiger partial charge in [-0.2, -0.15) is 0 Å². The van der Waals surface area contributed by atoms with Crippen molar-refractivity contribution in [2.24, 2.45) is 0 Å². The average Bonchev–Trinajstić information content (AvgIpc) is 2.92. The topological polar surface area (TPSA) is 37.8 Å². The summed E-state index contributed by atoms with van der Waals surface area (Å²) in [6.45, 7) is 2.65. The van der Waals surface area contributed by atoms with Crippen LogP contribution in [0, 0.1) is 6.92 Å². The zero-order chi connectivity index (χ0) is 16.5. The van der Waals surface area contributed by atoms with Gasteiger partial charge in [0.1, 0.15) is 0 Å². The number of benzene rings is 3. The van der Waals surface area contributed by atoms with Crippen LogP contribution in [0.3, 0.4) is 0 Å². The largest absolute Gasteiger partial charge is 0.326 e. The SMILES string of the molecule is Cc1ccccc1Cn1c(=O)[nH]c2cc(-c3ccccc3)ccc21. The Hall–Kier alpha value is -3.07. The van der Waals surface area contributed by atoms with Crippen LogP contribution in [0.1, 0.15) is 11.1 Å². The van der Waals surface area contributed by atoms with E-state index in [1.54, 1.807) is 4.57 Å². The van der Waals surface area contributed by atoms with Gasteiger partial charge in [-0.05, 0) is 41.3 Å². The zero-order valence-corrected chi connectivity index (χ0v) is 13.5. The lowest BCUT2D eigenvalue weighted by atomic mass is 10.1. The van der Waals surface area contributed by atoms with Crippen molar-refractivity contribution in [3.8, 4) is 11.1 Å². The molecule has 3 heteroatoms. The van der Waals surface area contributed by atoms with Gasteiger partial charge in [0.25, 0.3) is 0 Å². The van der Waals surface area contributed by atoms with Crippen molar-refractivity contribution in [1.82, 2.24) is 9.55 Å². The van der Waals surface area contributed by atoms with Gasteiger partial charge in [-0.1, -0.05) is 60.7 Å². The maximum Gasteiger partial charge on any atom is 0.326 e. The van der Waals surface area contributed by atoms with Crippen molar-refractivity contribution >= 4 is 11.0 Å². The smallest absolute Gasteiger partial charge is 0.306 e. The van der Waals surface area contributed by atoms with Crippen LogP contribution in [0.5, 0.6) is 0 Å². The molecule has 24 heavy (non-hydrogen) atoms. The van der Waals surface area contributed by atoms with E-state index in [4.69, 9.17) is 0 Å². The maximum absolute atomic E-state index is 12.4. The normalized spacial score (nSPS) is 11.0. The molecule has 0 aliphatic rings. The quantitative estimate of drug-likeness (QED) is 0.599. The van der Waals surface area contributed by atoms with Crippen molar-refractivity contribution in [1.29, 1.82) is 0 Å². The van der Waals surface area contributed by atoms with Gasteiger partial charge >= 0.3 is 5.69 Å². The fourth-order valence-electron chi connectivity index (χ4n) is 3.09. The Morgan fingerprint density at radius 3 is 2.42 bits per heavy atom. The van der Waals surface area contributed by atoms with Crippen molar-refractivity contribution in [3.05, 3.63) is 94.4 Å². The highest BCUT2D eigenvalue weighted by atomic mass is 16.1. The minimum atomic E-state index is -0.0709. The molecule has 118 valence electrons.